The number of hydrogen-bond donors (Lipinski definition) is 2. The van der Waals surface area contributed by atoms with Crippen molar-refractivity contribution in [2.24, 2.45) is 16.7 Å². The smallest absolute Gasteiger partial charge is 0.309 e. The first-order valence-electron chi connectivity index (χ1n) is 6.08. The van der Waals surface area contributed by atoms with Gasteiger partial charge in [-0.2, -0.15) is 0 Å². The number of piperidine rings is 1. The Hall–Kier alpha value is -0.570. The summed E-state index contributed by atoms with van der Waals surface area (Å²) in [6.45, 7) is 2.32. The molecule has 4 rings (SSSR count). The van der Waals surface area contributed by atoms with Gasteiger partial charge in [-0.05, 0) is 62.9 Å². The Morgan fingerprint density at radius 1 is 1.27 bits per heavy atom. The van der Waals surface area contributed by atoms with Crippen molar-refractivity contribution >= 4 is 5.97 Å². The van der Waals surface area contributed by atoms with E-state index in [2.05, 4.69) is 5.32 Å². The molecular weight excluding hydrogens is 190 g/mol. The maximum absolute atomic E-state index is 11.0. The number of nitrogens with one attached hydrogen (secondary N) is 1. The summed E-state index contributed by atoms with van der Waals surface area (Å²) in [6, 6.07) is 0. The number of carboxylic acids is 1. The van der Waals surface area contributed by atoms with Gasteiger partial charge in [0.25, 0.3) is 0 Å². The molecule has 3 heteroatoms. The SMILES string of the molecule is O=C(O)C12CC(CC3CCNCC3)(C1)C2. The van der Waals surface area contributed by atoms with Crippen LogP contribution in [0.25, 0.3) is 0 Å². The zero-order valence-electron chi connectivity index (χ0n) is 9.09. The zero-order chi connectivity index (χ0) is 10.5. The molecule has 3 saturated carbocycles. The minimum Gasteiger partial charge on any atom is -0.481 e. The van der Waals surface area contributed by atoms with E-state index in [1.807, 2.05) is 0 Å². The van der Waals surface area contributed by atoms with Gasteiger partial charge in [0.05, 0.1) is 5.41 Å². The Bertz CT molecular complexity index is 274. The van der Waals surface area contributed by atoms with E-state index >= 15 is 0 Å². The predicted octanol–water partition coefficient (Wildman–Crippen LogP) is 1.63. The minimum atomic E-state index is -0.547. The summed E-state index contributed by atoms with van der Waals surface area (Å²) in [5, 5.41) is 12.4. The van der Waals surface area contributed by atoms with Crippen LogP contribution in [0.5, 0.6) is 0 Å². The Morgan fingerprint density at radius 2 is 1.87 bits per heavy atom. The molecule has 4 fully saturated rings. The van der Waals surface area contributed by atoms with Crippen molar-refractivity contribution in [3.8, 4) is 0 Å². The lowest BCUT2D eigenvalue weighted by Crippen LogP contribution is -2.65. The highest BCUT2D eigenvalue weighted by atomic mass is 16.4. The first-order valence-corrected chi connectivity index (χ1v) is 6.08. The first-order chi connectivity index (χ1) is 7.14. The average molecular weight is 209 g/mol. The maximum Gasteiger partial charge on any atom is 0.309 e. The number of hydrogen-bond acceptors (Lipinski definition) is 2. The van der Waals surface area contributed by atoms with Gasteiger partial charge < -0.3 is 10.4 Å². The molecule has 0 radical (unpaired) electrons. The molecule has 2 bridgehead atoms. The van der Waals surface area contributed by atoms with Crippen LogP contribution in [0.15, 0.2) is 0 Å². The molecule has 1 aliphatic heterocycles. The molecule has 84 valence electrons. The number of carboxylic acid groups (broad SMARTS) is 1. The van der Waals surface area contributed by atoms with E-state index in [1.54, 1.807) is 0 Å². The first kappa shape index (κ1) is 9.64. The predicted molar refractivity (Wildman–Crippen MR) is 56.6 cm³/mol. The third-order valence-corrected chi connectivity index (χ3v) is 4.77. The summed E-state index contributed by atoms with van der Waals surface area (Å²) in [5.74, 6) is 0.313. The van der Waals surface area contributed by atoms with Crippen LogP contribution < -0.4 is 5.32 Å². The van der Waals surface area contributed by atoms with E-state index in [0.717, 1.165) is 38.3 Å². The minimum absolute atomic E-state index is 0.271. The Kier molecular flexibility index (Phi) is 1.91. The average Bonchev–Trinajstić information content (AvgIpc) is 2.10. The fourth-order valence-corrected chi connectivity index (χ4v) is 4.14. The van der Waals surface area contributed by atoms with E-state index in [9.17, 15) is 4.79 Å². The fraction of sp³-hybridized carbons (Fsp3) is 0.917. The van der Waals surface area contributed by atoms with Crippen LogP contribution in [0, 0.1) is 16.7 Å². The standard InChI is InChI=1S/C12H19NO2/c14-10(15)12-6-11(7-12,8-12)5-9-1-3-13-4-2-9/h9,13H,1-8H2,(H,14,15). The van der Waals surface area contributed by atoms with Gasteiger partial charge in [-0.1, -0.05) is 0 Å². The van der Waals surface area contributed by atoms with E-state index in [1.165, 1.54) is 19.3 Å². The highest BCUT2D eigenvalue weighted by molar-refractivity contribution is 5.79. The van der Waals surface area contributed by atoms with Crippen LogP contribution in [0.1, 0.15) is 38.5 Å². The zero-order valence-corrected chi connectivity index (χ0v) is 9.09. The van der Waals surface area contributed by atoms with Crippen molar-refractivity contribution in [3.05, 3.63) is 0 Å². The highest BCUT2D eigenvalue weighted by Gasteiger charge is 2.71. The van der Waals surface area contributed by atoms with Gasteiger partial charge in [-0.15, -0.1) is 0 Å². The van der Waals surface area contributed by atoms with Gasteiger partial charge in [0.1, 0.15) is 0 Å². The van der Waals surface area contributed by atoms with E-state index in [0.29, 0.717) is 5.41 Å². The van der Waals surface area contributed by atoms with Crippen LogP contribution in [0.4, 0.5) is 0 Å². The molecule has 0 spiro atoms. The van der Waals surface area contributed by atoms with E-state index in [4.69, 9.17) is 5.11 Å². The molecule has 15 heavy (non-hydrogen) atoms. The van der Waals surface area contributed by atoms with E-state index in [-0.39, 0.29) is 5.41 Å². The van der Waals surface area contributed by atoms with E-state index < -0.39 is 5.97 Å². The Morgan fingerprint density at radius 3 is 2.40 bits per heavy atom. The highest BCUT2D eigenvalue weighted by Crippen LogP contribution is 2.75. The van der Waals surface area contributed by atoms with Gasteiger partial charge in [0.15, 0.2) is 0 Å². The second-order valence-electron chi connectivity index (χ2n) is 6.01. The van der Waals surface area contributed by atoms with Crippen LogP contribution >= 0.6 is 0 Å². The second-order valence-corrected chi connectivity index (χ2v) is 6.01. The molecule has 1 heterocycles. The third-order valence-electron chi connectivity index (χ3n) is 4.77. The number of carbonyl (C=O) groups is 1. The molecule has 3 nitrogen and oxygen atoms in total. The van der Waals surface area contributed by atoms with Gasteiger partial charge in [-0.25, -0.2) is 0 Å². The van der Waals surface area contributed by atoms with Crippen LogP contribution in [0.3, 0.4) is 0 Å². The largest absolute Gasteiger partial charge is 0.481 e. The van der Waals surface area contributed by atoms with Gasteiger partial charge in [0, 0.05) is 0 Å². The van der Waals surface area contributed by atoms with Crippen molar-refractivity contribution in [1.29, 1.82) is 0 Å². The maximum atomic E-state index is 11.0. The normalized spacial score (nSPS) is 44.3. The molecule has 4 aliphatic rings. The molecule has 2 N–H and O–H groups in total. The summed E-state index contributed by atoms with van der Waals surface area (Å²) < 4.78 is 0. The van der Waals surface area contributed by atoms with Gasteiger partial charge >= 0.3 is 5.97 Å². The molecule has 0 unspecified atom stereocenters. The Balaban J connectivity index is 1.53. The van der Waals surface area contributed by atoms with Crippen molar-refractivity contribution in [2.75, 3.05) is 13.1 Å². The molecule has 0 aromatic carbocycles. The molecule has 3 aliphatic carbocycles. The molecule has 0 aromatic heterocycles. The van der Waals surface area contributed by atoms with Crippen molar-refractivity contribution in [2.45, 2.75) is 38.5 Å². The van der Waals surface area contributed by atoms with Gasteiger partial charge in [-0.3, -0.25) is 4.79 Å². The third kappa shape index (κ3) is 1.32. The van der Waals surface area contributed by atoms with Crippen molar-refractivity contribution < 1.29 is 9.90 Å². The molecule has 0 atom stereocenters. The second kappa shape index (κ2) is 2.97. The Labute approximate surface area is 90.2 Å². The monoisotopic (exact) mass is 209 g/mol. The molecule has 0 aromatic rings. The summed E-state index contributed by atoms with van der Waals surface area (Å²) in [6.07, 6.45) is 6.80. The fourth-order valence-electron chi connectivity index (χ4n) is 4.14. The van der Waals surface area contributed by atoms with Crippen LogP contribution in [-0.4, -0.2) is 24.2 Å². The number of aliphatic carboxylic acids is 1. The van der Waals surface area contributed by atoms with Gasteiger partial charge in [0.2, 0.25) is 0 Å². The summed E-state index contributed by atoms with van der Waals surface area (Å²) in [4.78, 5) is 11.0. The molecular formula is C12H19NO2. The summed E-state index contributed by atoms with van der Waals surface area (Å²) in [7, 11) is 0. The van der Waals surface area contributed by atoms with Crippen LogP contribution in [0.2, 0.25) is 0 Å². The quantitative estimate of drug-likeness (QED) is 0.742. The number of rotatable bonds is 3. The topological polar surface area (TPSA) is 49.3 Å². The lowest BCUT2D eigenvalue weighted by Gasteiger charge is -2.69. The van der Waals surface area contributed by atoms with Crippen molar-refractivity contribution in [1.82, 2.24) is 5.32 Å². The summed E-state index contributed by atoms with van der Waals surface area (Å²) in [5.41, 5.74) is 0.188. The summed E-state index contributed by atoms with van der Waals surface area (Å²) >= 11 is 0. The molecule has 1 saturated heterocycles. The van der Waals surface area contributed by atoms with Crippen LogP contribution in [-0.2, 0) is 4.79 Å². The lowest BCUT2D eigenvalue weighted by atomic mass is 9.33. The lowest BCUT2D eigenvalue weighted by molar-refractivity contribution is -0.229. The molecule has 0 amide bonds. The van der Waals surface area contributed by atoms with Crippen molar-refractivity contribution in [3.63, 3.8) is 0 Å².